The summed E-state index contributed by atoms with van der Waals surface area (Å²) in [5.74, 6) is -0.341. The van der Waals surface area contributed by atoms with Crippen LogP contribution >= 0.6 is 11.3 Å². The molecule has 1 fully saturated rings. The number of aromatic nitrogens is 1. The summed E-state index contributed by atoms with van der Waals surface area (Å²) < 4.78 is 4.88. The molecule has 0 saturated heterocycles. The van der Waals surface area contributed by atoms with E-state index < -0.39 is 5.97 Å². The predicted molar refractivity (Wildman–Crippen MR) is 67.3 cm³/mol. The Balaban J connectivity index is 2.01. The van der Waals surface area contributed by atoms with Crippen LogP contribution in [0.15, 0.2) is 5.38 Å². The van der Waals surface area contributed by atoms with Gasteiger partial charge in [0.1, 0.15) is 5.01 Å². The molecule has 1 heterocycles. The molecular formula is C12H16N2O3S. The van der Waals surface area contributed by atoms with Crippen molar-refractivity contribution in [3.8, 4) is 0 Å². The molecule has 0 radical (unpaired) electrons. The Bertz CT molecular complexity index is 454. The van der Waals surface area contributed by atoms with Crippen molar-refractivity contribution in [2.45, 2.75) is 39.3 Å². The molecule has 1 saturated carbocycles. The first-order valence-electron chi connectivity index (χ1n) is 6.00. The number of hydrogen-bond donors (Lipinski definition) is 0. The van der Waals surface area contributed by atoms with E-state index in [0.717, 1.165) is 17.8 Å². The fourth-order valence-corrected chi connectivity index (χ4v) is 2.47. The molecule has 1 aliphatic rings. The van der Waals surface area contributed by atoms with Gasteiger partial charge in [0, 0.05) is 18.3 Å². The normalized spacial score (nSPS) is 14.3. The highest BCUT2D eigenvalue weighted by atomic mass is 32.1. The number of amides is 1. The van der Waals surface area contributed by atoms with Crippen LogP contribution in [0.2, 0.25) is 0 Å². The molecule has 1 aliphatic carbocycles. The highest BCUT2D eigenvalue weighted by Gasteiger charge is 2.31. The molecule has 1 amide bonds. The molecule has 0 bridgehead atoms. The van der Waals surface area contributed by atoms with Crippen LogP contribution < -0.4 is 0 Å². The van der Waals surface area contributed by atoms with E-state index in [9.17, 15) is 9.59 Å². The molecule has 1 aromatic rings. The van der Waals surface area contributed by atoms with Crippen LogP contribution in [0, 0.1) is 0 Å². The van der Waals surface area contributed by atoms with Gasteiger partial charge in [-0.3, -0.25) is 4.79 Å². The summed E-state index contributed by atoms with van der Waals surface area (Å²) in [7, 11) is 0. The number of ether oxygens (including phenoxy) is 1. The van der Waals surface area contributed by atoms with Gasteiger partial charge in [-0.1, -0.05) is 0 Å². The fraction of sp³-hybridized carbons (Fsp3) is 0.583. The summed E-state index contributed by atoms with van der Waals surface area (Å²) in [6, 6.07) is 0.359. The molecule has 0 spiro atoms. The molecule has 6 heteroatoms. The van der Waals surface area contributed by atoms with Crippen LogP contribution in [-0.4, -0.2) is 34.4 Å². The number of thiazole rings is 1. The Labute approximate surface area is 110 Å². The predicted octanol–water partition coefficient (Wildman–Crippen LogP) is 1.83. The van der Waals surface area contributed by atoms with Gasteiger partial charge < -0.3 is 9.64 Å². The van der Waals surface area contributed by atoms with Crippen molar-refractivity contribution in [1.29, 1.82) is 0 Å². The summed E-state index contributed by atoms with van der Waals surface area (Å²) in [5.41, 5.74) is 0.330. The Morgan fingerprint density at radius 3 is 2.83 bits per heavy atom. The molecule has 0 aliphatic heterocycles. The van der Waals surface area contributed by atoms with E-state index >= 15 is 0 Å². The van der Waals surface area contributed by atoms with Gasteiger partial charge in [0.25, 0.3) is 0 Å². The topological polar surface area (TPSA) is 59.5 Å². The van der Waals surface area contributed by atoms with Crippen LogP contribution in [0.4, 0.5) is 0 Å². The minimum absolute atomic E-state index is 0.0605. The maximum Gasteiger partial charge on any atom is 0.357 e. The van der Waals surface area contributed by atoms with Gasteiger partial charge in [0.15, 0.2) is 5.69 Å². The lowest BCUT2D eigenvalue weighted by atomic mass is 10.4. The summed E-state index contributed by atoms with van der Waals surface area (Å²) in [4.78, 5) is 29.0. The minimum atomic E-state index is -0.402. The van der Waals surface area contributed by atoms with Crippen LogP contribution in [0.5, 0.6) is 0 Å². The highest BCUT2D eigenvalue weighted by Crippen LogP contribution is 2.28. The number of carbonyl (C=O) groups excluding carboxylic acids is 2. The third kappa shape index (κ3) is 3.07. The van der Waals surface area contributed by atoms with Crippen molar-refractivity contribution in [2.75, 3.05) is 6.61 Å². The SMILES string of the molecule is CCOC(=O)c1csc(CN(C(C)=O)C2CC2)n1. The zero-order valence-corrected chi connectivity index (χ0v) is 11.3. The van der Waals surface area contributed by atoms with E-state index in [1.165, 1.54) is 11.3 Å². The smallest absolute Gasteiger partial charge is 0.357 e. The number of hydrogen-bond acceptors (Lipinski definition) is 5. The maximum absolute atomic E-state index is 11.5. The first-order valence-corrected chi connectivity index (χ1v) is 6.88. The summed E-state index contributed by atoms with van der Waals surface area (Å²) in [5, 5.41) is 2.46. The zero-order chi connectivity index (χ0) is 13.1. The molecule has 0 unspecified atom stereocenters. The molecule has 1 aromatic heterocycles. The number of nitrogens with zero attached hydrogens (tertiary/aromatic N) is 2. The second-order valence-corrected chi connectivity index (χ2v) is 5.17. The van der Waals surface area contributed by atoms with Gasteiger partial charge in [-0.15, -0.1) is 11.3 Å². The lowest BCUT2D eigenvalue weighted by Gasteiger charge is -2.18. The van der Waals surface area contributed by atoms with Crippen LogP contribution in [0.3, 0.4) is 0 Å². The summed E-state index contributed by atoms with van der Waals surface area (Å²) in [6.45, 7) is 4.16. The number of carbonyl (C=O) groups is 2. The van der Waals surface area contributed by atoms with Crippen molar-refractivity contribution in [3.63, 3.8) is 0 Å². The molecule has 0 N–H and O–H groups in total. The number of esters is 1. The summed E-state index contributed by atoms with van der Waals surface area (Å²) in [6.07, 6.45) is 2.13. The quantitative estimate of drug-likeness (QED) is 0.764. The van der Waals surface area contributed by atoms with Gasteiger partial charge in [-0.05, 0) is 19.8 Å². The maximum atomic E-state index is 11.5. The first-order chi connectivity index (χ1) is 8.61. The monoisotopic (exact) mass is 268 g/mol. The van der Waals surface area contributed by atoms with Crippen LogP contribution in [0.1, 0.15) is 42.2 Å². The Hall–Kier alpha value is -1.43. The fourth-order valence-electron chi connectivity index (χ4n) is 1.71. The van der Waals surface area contributed by atoms with E-state index in [-0.39, 0.29) is 5.91 Å². The average molecular weight is 268 g/mol. The van der Waals surface area contributed by atoms with Gasteiger partial charge >= 0.3 is 5.97 Å². The highest BCUT2D eigenvalue weighted by molar-refractivity contribution is 7.09. The Kier molecular flexibility index (Phi) is 3.96. The van der Waals surface area contributed by atoms with Gasteiger partial charge in [-0.25, -0.2) is 9.78 Å². The second-order valence-electron chi connectivity index (χ2n) is 4.23. The van der Waals surface area contributed by atoms with E-state index in [2.05, 4.69) is 4.98 Å². The van der Waals surface area contributed by atoms with Gasteiger partial charge in [0.2, 0.25) is 5.91 Å². The van der Waals surface area contributed by atoms with E-state index in [1.54, 1.807) is 19.2 Å². The molecule has 2 rings (SSSR count). The third-order valence-corrected chi connectivity index (χ3v) is 3.57. The van der Waals surface area contributed by atoms with E-state index in [0.29, 0.717) is 24.9 Å². The Morgan fingerprint density at radius 2 is 2.28 bits per heavy atom. The lowest BCUT2D eigenvalue weighted by Crippen LogP contribution is -2.30. The van der Waals surface area contributed by atoms with Crippen molar-refractivity contribution < 1.29 is 14.3 Å². The van der Waals surface area contributed by atoms with E-state index in [4.69, 9.17) is 4.74 Å². The average Bonchev–Trinajstić information content (AvgIpc) is 3.04. The van der Waals surface area contributed by atoms with Crippen molar-refractivity contribution in [2.24, 2.45) is 0 Å². The Morgan fingerprint density at radius 1 is 1.56 bits per heavy atom. The zero-order valence-electron chi connectivity index (χ0n) is 10.5. The minimum Gasteiger partial charge on any atom is -0.461 e. The van der Waals surface area contributed by atoms with Crippen LogP contribution in [0.25, 0.3) is 0 Å². The molecule has 0 atom stereocenters. The largest absolute Gasteiger partial charge is 0.461 e. The lowest BCUT2D eigenvalue weighted by molar-refractivity contribution is -0.130. The standard InChI is InChI=1S/C12H16N2O3S/c1-3-17-12(16)10-7-18-11(13-10)6-14(8(2)15)9-4-5-9/h7,9H,3-6H2,1-2H3. The molecule has 18 heavy (non-hydrogen) atoms. The summed E-state index contributed by atoms with van der Waals surface area (Å²) >= 11 is 1.39. The molecule has 5 nitrogen and oxygen atoms in total. The van der Waals surface area contributed by atoms with Crippen molar-refractivity contribution >= 4 is 23.2 Å². The van der Waals surface area contributed by atoms with Crippen molar-refractivity contribution in [1.82, 2.24) is 9.88 Å². The van der Waals surface area contributed by atoms with Gasteiger partial charge in [0.05, 0.1) is 13.2 Å². The first kappa shape index (κ1) is 13.0. The third-order valence-electron chi connectivity index (χ3n) is 2.73. The van der Waals surface area contributed by atoms with E-state index in [1.807, 2.05) is 4.90 Å². The molecular weight excluding hydrogens is 252 g/mol. The second kappa shape index (κ2) is 5.48. The molecule has 98 valence electrons. The van der Waals surface area contributed by atoms with Crippen LogP contribution in [-0.2, 0) is 16.1 Å². The number of rotatable bonds is 5. The van der Waals surface area contributed by atoms with Gasteiger partial charge in [-0.2, -0.15) is 0 Å². The van der Waals surface area contributed by atoms with Crippen molar-refractivity contribution in [3.05, 3.63) is 16.1 Å². The molecule has 0 aromatic carbocycles.